The highest BCUT2D eigenvalue weighted by Gasteiger charge is 2.13. The number of likely N-dealkylation sites (N-methyl/N-ethyl adjacent to an activating group) is 1. The summed E-state index contributed by atoms with van der Waals surface area (Å²) >= 11 is 5.97. The summed E-state index contributed by atoms with van der Waals surface area (Å²) in [5.74, 6) is -0.442. The van der Waals surface area contributed by atoms with E-state index >= 15 is 0 Å². The fraction of sp³-hybridized carbons (Fsp3) is 0.107. The van der Waals surface area contributed by atoms with Crippen molar-refractivity contribution in [3.8, 4) is 17.6 Å². The first-order valence-electron chi connectivity index (χ1n) is 11.3. The number of nitrogens with zero attached hydrogens (tertiary/aromatic N) is 3. The number of nitrogens with one attached hydrogen (secondary N) is 2. The molecular weight excluding hydrogens is 493 g/mol. The van der Waals surface area contributed by atoms with E-state index in [9.17, 15) is 14.4 Å². The van der Waals surface area contributed by atoms with E-state index in [1.165, 1.54) is 24.4 Å². The molecule has 0 unspecified atom stereocenters. The molecule has 0 saturated carbocycles. The highest BCUT2D eigenvalue weighted by Crippen LogP contribution is 2.33. The lowest BCUT2D eigenvalue weighted by molar-refractivity contribution is -0.111. The van der Waals surface area contributed by atoms with E-state index in [1.54, 1.807) is 54.6 Å². The van der Waals surface area contributed by atoms with Gasteiger partial charge in [-0.15, -0.1) is 0 Å². The van der Waals surface area contributed by atoms with E-state index in [-0.39, 0.29) is 17.2 Å². The molecule has 3 aromatic carbocycles. The largest absolute Gasteiger partial charge is 0.454 e. The van der Waals surface area contributed by atoms with Gasteiger partial charge in [0.25, 0.3) is 0 Å². The number of carbonyl (C=O) groups excluding carboxylic acids is 1. The molecule has 0 radical (unpaired) electrons. The smallest absolute Gasteiger partial charge is 0.248 e. The van der Waals surface area contributed by atoms with Crippen LogP contribution in [-0.4, -0.2) is 36.4 Å². The zero-order valence-corrected chi connectivity index (χ0v) is 20.9. The van der Waals surface area contributed by atoms with Crippen molar-refractivity contribution in [2.45, 2.75) is 0 Å². The van der Waals surface area contributed by atoms with Gasteiger partial charge in [-0.1, -0.05) is 23.7 Å². The maximum absolute atomic E-state index is 14.9. The van der Waals surface area contributed by atoms with Crippen LogP contribution in [0.25, 0.3) is 10.9 Å². The first-order chi connectivity index (χ1) is 17.8. The van der Waals surface area contributed by atoms with Crippen LogP contribution in [0.4, 0.5) is 21.5 Å². The molecule has 0 fully saturated rings. The predicted octanol–water partition coefficient (Wildman–Crippen LogP) is 6.49. The molecule has 9 heteroatoms. The molecular formula is C28H23ClFN5O2. The fourth-order valence-electron chi connectivity index (χ4n) is 3.51. The number of fused-ring (bicyclic) bond motifs is 1. The molecule has 186 valence electrons. The molecule has 0 spiro atoms. The average molecular weight is 516 g/mol. The van der Waals surface area contributed by atoms with Crippen molar-refractivity contribution < 1.29 is 13.9 Å². The van der Waals surface area contributed by atoms with Gasteiger partial charge in [-0.3, -0.25) is 9.78 Å². The van der Waals surface area contributed by atoms with E-state index in [4.69, 9.17) is 16.3 Å². The summed E-state index contributed by atoms with van der Waals surface area (Å²) in [4.78, 5) is 18.6. The number of hydrogen-bond donors (Lipinski definition) is 2. The summed E-state index contributed by atoms with van der Waals surface area (Å²) in [5.41, 5.74) is 2.24. The third-order valence-corrected chi connectivity index (χ3v) is 5.46. The van der Waals surface area contributed by atoms with Gasteiger partial charge in [0.05, 0.1) is 16.8 Å². The minimum atomic E-state index is -0.598. The van der Waals surface area contributed by atoms with Crippen LogP contribution in [0.2, 0.25) is 5.02 Å². The quantitative estimate of drug-likeness (QED) is 0.261. The van der Waals surface area contributed by atoms with Gasteiger partial charge in [0.1, 0.15) is 11.8 Å². The first-order valence-corrected chi connectivity index (χ1v) is 11.7. The molecule has 0 aliphatic carbocycles. The van der Waals surface area contributed by atoms with Gasteiger partial charge >= 0.3 is 0 Å². The van der Waals surface area contributed by atoms with E-state index in [0.717, 1.165) is 0 Å². The number of amides is 1. The highest BCUT2D eigenvalue weighted by atomic mass is 35.5. The number of ether oxygens (including phenoxy) is 1. The number of anilines is 3. The topological polar surface area (TPSA) is 90.3 Å². The number of rotatable bonds is 8. The number of nitriles is 1. The predicted molar refractivity (Wildman–Crippen MR) is 144 cm³/mol. The molecule has 1 aromatic heterocycles. The van der Waals surface area contributed by atoms with Crippen LogP contribution in [-0.2, 0) is 4.79 Å². The molecule has 4 rings (SSSR count). The SMILES string of the molecule is CN(C)C/C=C/C(=O)Nc1ccc2ncc(C#N)c(Nc3ccc(Oc4cccc(Cl)c4)c(F)c3)c2c1. The van der Waals surface area contributed by atoms with Crippen molar-refractivity contribution in [1.29, 1.82) is 5.26 Å². The molecule has 0 atom stereocenters. The maximum atomic E-state index is 14.9. The minimum Gasteiger partial charge on any atom is -0.454 e. The summed E-state index contributed by atoms with van der Waals surface area (Å²) in [5, 5.41) is 16.7. The van der Waals surface area contributed by atoms with Crippen LogP contribution in [0.15, 0.2) is 79.0 Å². The summed E-state index contributed by atoms with van der Waals surface area (Å²) in [6.45, 7) is 0.633. The maximum Gasteiger partial charge on any atom is 0.248 e. The zero-order chi connectivity index (χ0) is 26.4. The lowest BCUT2D eigenvalue weighted by Crippen LogP contribution is -2.12. The molecule has 4 aromatic rings. The molecule has 7 nitrogen and oxygen atoms in total. The van der Waals surface area contributed by atoms with Crippen LogP contribution in [0.1, 0.15) is 5.56 Å². The number of hydrogen-bond acceptors (Lipinski definition) is 6. The van der Waals surface area contributed by atoms with Gasteiger partial charge in [-0.25, -0.2) is 4.39 Å². The van der Waals surface area contributed by atoms with Gasteiger partial charge in [0.2, 0.25) is 5.91 Å². The van der Waals surface area contributed by atoms with E-state index in [1.807, 2.05) is 19.0 Å². The molecule has 37 heavy (non-hydrogen) atoms. The number of aromatic nitrogens is 1. The summed E-state index contributed by atoms with van der Waals surface area (Å²) in [6.07, 6.45) is 4.66. The lowest BCUT2D eigenvalue weighted by Gasteiger charge is -2.14. The van der Waals surface area contributed by atoms with Crippen LogP contribution in [0.5, 0.6) is 11.5 Å². The van der Waals surface area contributed by atoms with E-state index < -0.39 is 5.82 Å². The number of benzene rings is 3. The van der Waals surface area contributed by atoms with Crippen molar-refractivity contribution in [2.75, 3.05) is 31.3 Å². The third kappa shape index (κ3) is 6.61. The second kappa shape index (κ2) is 11.5. The van der Waals surface area contributed by atoms with E-state index in [2.05, 4.69) is 21.7 Å². The van der Waals surface area contributed by atoms with Crippen LogP contribution >= 0.6 is 11.6 Å². The summed E-state index contributed by atoms with van der Waals surface area (Å²) < 4.78 is 20.5. The Kier molecular flexibility index (Phi) is 7.98. The second-order valence-electron chi connectivity index (χ2n) is 8.37. The molecule has 0 bridgehead atoms. The van der Waals surface area contributed by atoms with Gasteiger partial charge in [0, 0.05) is 46.7 Å². The fourth-order valence-corrected chi connectivity index (χ4v) is 3.69. The second-order valence-corrected chi connectivity index (χ2v) is 8.81. The Morgan fingerprint density at radius 1 is 1.16 bits per heavy atom. The van der Waals surface area contributed by atoms with Crippen LogP contribution < -0.4 is 15.4 Å². The molecule has 1 amide bonds. The molecule has 0 aliphatic heterocycles. The Balaban J connectivity index is 1.61. The standard InChI is InChI=1S/C28H23ClFN5O2/c1-35(2)12-4-7-27(36)33-20-8-10-25-23(14-20)28(18(16-31)17-32-25)34-21-9-11-26(24(30)15-21)37-22-6-3-5-19(29)13-22/h3-11,13-15,17H,12H2,1-2H3,(H,32,34)(H,33,36)/b7-4+. The van der Waals surface area contributed by atoms with E-state index in [0.29, 0.717) is 45.3 Å². The Morgan fingerprint density at radius 2 is 1.97 bits per heavy atom. The molecule has 0 aliphatic rings. The summed E-state index contributed by atoms with van der Waals surface area (Å²) in [7, 11) is 3.82. The average Bonchev–Trinajstić information content (AvgIpc) is 2.86. The van der Waals surface area contributed by atoms with Crippen LogP contribution in [0.3, 0.4) is 0 Å². The number of pyridine rings is 1. The van der Waals surface area contributed by atoms with Crippen molar-refractivity contribution in [1.82, 2.24) is 9.88 Å². The van der Waals surface area contributed by atoms with Gasteiger partial charge in [0.15, 0.2) is 11.6 Å². The number of carbonyl (C=O) groups is 1. The normalized spacial score (nSPS) is 11.0. The third-order valence-electron chi connectivity index (χ3n) is 5.22. The minimum absolute atomic E-state index is 0.0280. The monoisotopic (exact) mass is 515 g/mol. The van der Waals surface area contributed by atoms with Crippen LogP contribution in [0, 0.1) is 17.1 Å². The number of halogens is 2. The van der Waals surface area contributed by atoms with Crippen molar-refractivity contribution in [3.05, 3.63) is 95.4 Å². The Labute approximate surface area is 218 Å². The van der Waals surface area contributed by atoms with Gasteiger partial charge < -0.3 is 20.3 Å². The summed E-state index contributed by atoms with van der Waals surface area (Å²) in [6, 6.07) is 18.4. The molecule has 2 N–H and O–H groups in total. The Hall–Kier alpha value is -4.45. The van der Waals surface area contributed by atoms with Gasteiger partial charge in [-0.2, -0.15) is 5.26 Å². The molecule has 0 saturated heterocycles. The Bertz CT molecular complexity index is 1530. The Morgan fingerprint density at radius 3 is 2.70 bits per heavy atom. The first kappa shape index (κ1) is 25.6. The zero-order valence-electron chi connectivity index (χ0n) is 20.1. The van der Waals surface area contributed by atoms with Gasteiger partial charge in [-0.05, 0) is 62.6 Å². The van der Waals surface area contributed by atoms with Crippen molar-refractivity contribution in [3.63, 3.8) is 0 Å². The van der Waals surface area contributed by atoms with Crippen molar-refractivity contribution in [2.24, 2.45) is 0 Å². The molecule has 1 heterocycles. The lowest BCUT2D eigenvalue weighted by atomic mass is 10.1. The highest BCUT2D eigenvalue weighted by molar-refractivity contribution is 6.30. The van der Waals surface area contributed by atoms with Crippen molar-refractivity contribution >= 4 is 45.5 Å².